The van der Waals surface area contributed by atoms with Crippen molar-refractivity contribution < 1.29 is 9.47 Å². The summed E-state index contributed by atoms with van der Waals surface area (Å²) >= 11 is 0. The Kier molecular flexibility index (Phi) is 9.87. The van der Waals surface area contributed by atoms with E-state index in [0.717, 1.165) is 75.8 Å². The van der Waals surface area contributed by atoms with Crippen LogP contribution in [0.4, 0.5) is 11.4 Å². The summed E-state index contributed by atoms with van der Waals surface area (Å²) in [6.45, 7) is 11.1. The Morgan fingerprint density at radius 2 is 1.02 bits per heavy atom. The van der Waals surface area contributed by atoms with Crippen molar-refractivity contribution in [1.82, 2.24) is 0 Å². The van der Waals surface area contributed by atoms with Crippen molar-refractivity contribution in [2.75, 3.05) is 11.5 Å². The molecule has 6 rings (SSSR count). The number of rotatable bonds is 9. The number of nitrogens with two attached hydrogens (primary N) is 2. The van der Waals surface area contributed by atoms with E-state index in [0.29, 0.717) is 11.4 Å². The summed E-state index contributed by atoms with van der Waals surface area (Å²) in [6.07, 6.45) is 13.3. The molecule has 4 heteroatoms. The van der Waals surface area contributed by atoms with Crippen LogP contribution in [0.15, 0.2) is 72.8 Å². The first-order valence-corrected chi connectivity index (χ1v) is 18.0. The molecule has 2 fully saturated rings. The number of anilines is 2. The fourth-order valence-electron chi connectivity index (χ4n) is 8.87. The Morgan fingerprint density at radius 3 is 1.43 bits per heavy atom. The van der Waals surface area contributed by atoms with Crippen molar-refractivity contribution in [3.63, 3.8) is 0 Å². The zero-order valence-electron chi connectivity index (χ0n) is 29.2. The average molecular weight is 631 g/mol. The zero-order chi connectivity index (χ0) is 33.1. The molecule has 4 N–H and O–H groups in total. The number of benzene rings is 4. The normalized spacial score (nSPS) is 19.8. The maximum atomic E-state index is 6.44. The van der Waals surface area contributed by atoms with Crippen LogP contribution >= 0.6 is 0 Å². The topological polar surface area (TPSA) is 70.5 Å². The van der Waals surface area contributed by atoms with Gasteiger partial charge < -0.3 is 20.9 Å². The minimum atomic E-state index is -0.0631. The number of hydrogen-bond acceptors (Lipinski definition) is 4. The summed E-state index contributed by atoms with van der Waals surface area (Å²) in [5.74, 6) is 6.06. The molecule has 248 valence electrons. The van der Waals surface area contributed by atoms with Gasteiger partial charge in [0.15, 0.2) is 0 Å². The van der Waals surface area contributed by atoms with Gasteiger partial charge >= 0.3 is 0 Å². The number of ether oxygens (including phenoxy) is 2. The van der Waals surface area contributed by atoms with Crippen LogP contribution in [0.2, 0.25) is 0 Å². The van der Waals surface area contributed by atoms with E-state index in [9.17, 15) is 0 Å². The summed E-state index contributed by atoms with van der Waals surface area (Å²) < 4.78 is 12.9. The monoisotopic (exact) mass is 630 g/mol. The Bertz CT molecular complexity index is 1540. The van der Waals surface area contributed by atoms with E-state index in [2.05, 4.69) is 58.9 Å². The molecule has 2 aliphatic rings. The third-order valence-corrected chi connectivity index (χ3v) is 11.3. The van der Waals surface area contributed by atoms with Crippen molar-refractivity contribution in [3.05, 3.63) is 106 Å². The van der Waals surface area contributed by atoms with Crippen LogP contribution in [0.5, 0.6) is 23.0 Å². The van der Waals surface area contributed by atoms with Gasteiger partial charge in [-0.2, -0.15) is 0 Å². The Hall–Kier alpha value is -3.92. The fraction of sp³-hybridized carbons (Fsp3) is 0.442. The van der Waals surface area contributed by atoms with Crippen molar-refractivity contribution in [1.29, 1.82) is 0 Å². The van der Waals surface area contributed by atoms with Gasteiger partial charge in [0.25, 0.3) is 0 Å². The highest BCUT2D eigenvalue weighted by Gasteiger charge is 2.42. The molecule has 4 nitrogen and oxygen atoms in total. The summed E-state index contributed by atoms with van der Waals surface area (Å²) in [5.41, 5.74) is 20.9. The minimum Gasteiger partial charge on any atom is -0.457 e. The molecule has 2 saturated carbocycles. The summed E-state index contributed by atoms with van der Waals surface area (Å²) in [7, 11) is 0. The maximum absolute atomic E-state index is 6.44. The quantitative estimate of drug-likeness (QED) is 0.181. The van der Waals surface area contributed by atoms with Gasteiger partial charge in [0.05, 0.1) is 0 Å². The van der Waals surface area contributed by atoms with Crippen LogP contribution in [0.1, 0.15) is 105 Å². The van der Waals surface area contributed by atoms with Gasteiger partial charge in [0, 0.05) is 28.9 Å². The van der Waals surface area contributed by atoms with Crippen molar-refractivity contribution in [3.8, 4) is 23.0 Å². The summed E-state index contributed by atoms with van der Waals surface area (Å²) in [6, 6.07) is 25.0. The third-order valence-electron chi connectivity index (χ3n) is 11.3. The molecule has 0 heterocycles. The predicted molar refractivity (Wildman–Crippen MR) is 197 cm³/mol. The van der Waals surface area contributed by atoms with Gasteiger partial charge in [-0.05, 0) is 142 Å². The smallest absolute Gasteiger partial charge is 0.133 e. The maximum Gasteiger partial charge on any atom is 0.133 e. The fourth-order valence-corrected chi connectivity index (χ4v) is 8.87. The van der Waals surface area contributed by atoms with E-state index in [-0.39, 0.29) is 5.41 Å². The van der Waals surface area contributed by atoms with Crippen LogP contribution < -0.4 is 20.9 Å². The highest BCUT2D eigenvalue weighted by Crippen LogP contribution is 2.52. The SMILES string of the molecule is CCC[C@H]1CC[C@H](C2CCC(c3cc(C)c(Oc4cccc(N)c4)c(C)c3)(c3cc(C)c(Oc4cccc(N)c4)c(C)c3)CC2)CC1. The highest BCUT2D eigenvalue weighted by atomic mass is 16.5. The van der Waals surface area contributed by atoms with Crippen molar-refractivity contribution >= 4 is 11.4 Å². The summed E-state index contributed by atoms with van der Waals surface area (Å²) in [4.78, 5) is 0. The number of hydrogen-bond donors (Lipinski definition) is 2. The summed E-state index contributed by atoms with van der Waals surface area (Å²) in [5, 5.41) is 0. The zero-order valence-corrected chi connectivity index (χ0v) is 29.2. The van der Waals surface area contributed by atoms with Gasteiger partial charge in [-0.25, -0.2) is 0 Å². The van der Waals surface area contributed by atoms with Gasteiger partial charge in [-0.1, -0.05) is 69.0 Å². The molecule has 0 spiro atoms. The molecule has 4 aromatic carbocycles. The molecule has 0 bridgehead atoms. The molecular formula is C43H54N2O2. The predicted octanol–water partition coefficient (Wildman–Crippen LogP) is 11.8. The second kappa shape index (κ2) is 14.1. The molecule has 0 amide bonds. The van der Waals surface area contributed by atoms with E-state index in [1.807, 2.05) is 48.5 Å². The van der Waals surface area contributed by atoms with Gasteiger partial charge in [0.2, 0.25) is 0 Å². The first-order valence-electron chi connectivity index (χ1n) is 18.0. The molecule has 0 atom stereocenters. The standard InChI is InChI=1S/C43H54N2O2/c1-6-9-32-14-16-33(17-15-32)34-18-20-43(21-19-34,35-22-28(2)41(29(3)23-35)46-39-12-7-10-37(44)26-39)36-24-30(4)42(31(5)25-36)47-40-13-8-11-38(45)27-40/h7-8,10-13,22-27,32-34H,6,9,14-21,44-45H2,1-5H3/t32-,33-. The first kappa shape index (κ1) is 33.0. The Morgan fingerprint density at radius 1 is 0.596 bits per heavy atom. The molecule has 2 aliphatic carbocycles. The van der Waals surface area contributed by atoms with E-state index >= 15 is 0 Å². The Labute approximate surface area is 282 Å². The Balaban J connectivity index is 1.34. The minimum absolute atomic E-state index is 0.0631. The second-order valence-electron chi connectivity index (χ2n) is 14.7. The third kappa shape index (κ3) is 7.17. The number of nitrogen functional groups attached to an aromatic ring is 2. The van der Waals surface area contributed by atoms with Crippen LogP contribution in [0, 0.1) is 45.4 Å². The lowest BCUT2D eigenvalue weighted by molar-refractivity contribution is 0.140. The lowest BCUT2D eigenvalue weighted by atomic mass is 9.59. The van der Waals surface area contributed by atoms with Crippen molar-refractivity contribution in [2.45, 2.75) is 104 Å². The molecule has 4 aromatic rings. The molecule has 0 aromatic heterocycles. The van der Waals surface area contributed by atoms with Gasteiger partial charge in [-0.3, -0.25) is 0 Å². The van der Waals surface area contributed by atoms with Gasteiger partial charge in [0.1, 0.15) is 23.0 Å². The largest absolute Gasteiger partial charge is 0.457 e. The molecule has 47 heavy (non-hydrogen) atoms. The molecule has 0 saturated heterocycles. The first-order chi connectivity index (χ1) is 22.6. The van der Waals surface area contributed by atoms with Crippen LogP contribution in [-0.2, 0) is 5.41 Å². The van der Waals surface area contributed by atoms with E-state index in [1.54, 1.807) is 0 Å². The lowest BCUT2D eigenvalue weighted by Crippen LogP contribution is -2.36. The average Bonchev–Trinajstić information content (AvgIpc) is 3.05. The van der Waals surface area contributed by atoms with Crippen molar-refractivity contribution in [2.24, 2.45) is 17.8 Å². The van der Waals surface area contributed by atoms with E-state index in [4.69, 9.17) is 20.9 Å². The van der Waals surface area contributed by atoms with Crippen LogP contribution in [0.25, 0.3) is 0 Å². The molecule has 0 unspecified atom stereocenters. The number of aryl methyl sites for hydroxylation is 4. The molecular weight excluding hydrogens is 576 g/mol. The molecule has 0 aliphatic heterocycles. The highest BCUT2D eigenvalue weighted by molar-refractivity contribution is 5.55. The van der Waals surface area contributed by atoms with E-state index < -0.39 is 0 Å². The van der Waals surface area contributed by atoms with E-state index in [1.165, 1.54) is 62.5 Å². The van der Waals surface area contributed by atoms with Crippen LogP contribution in [0.3, 0.4) is 0 Å². The molecule has 0 radical (unpaired) electrons. The van der Waals surface area contributed by atoms with Gasteiger partial charge in [-0.15, -0.1) is 0 Å². The van der Waals surface area contributed by atoms with Crippen LogP contribution in [-0.4, -0.2) is 0 Å². The lowest BCUT2D eigenvalue weighted by Gasteiger charge is -2.45. The second-order valence-corrected chi connectivity index (χ2v) is 14.7.